The van der Waals surface area contributed by atoms with Gasteiger partial charge < -0.3 is 10.1 Å². The summed E-state index contributed by atoms with van der Waals surface area (Å²) in [5, 5.41) is 6.91. The average Bonchev–Trinajstić information content (AvgIpc) is 2.92. The molecule has 0 aliphatic carbocycles. The van der Waals surface area contributed by atoms with Crippen molar-refractivity contribution in [2.75, 3.05) is 25.5 Å². The van der Waals surface area contributed by atoms with E-state index in [1.54, 1.807) is 42.1 Å². The van der Waals surface area contributed by atoms with Gasteiger partial charge in [0.2, 0.25) is 5.91 Å². The summed E-state index contributed by atoms with van der Waals surface area (Å²) >= 11 is 0. The van der Waals surface area contributed by atoms with Gasteiger partial charge in [-0.05, 0) is 38.2 Å². The Bertz CT molecular complexity index is 694. The molecule has 0 radical (unpaired) electrons. The number of esters is 1. The Morgan fingerprint density at radius 3 is 2.58 bits per heavy atom. The average molecular weight is 330 g/mol. The zero-order chi connectivity index (χ0) is 17.5. The Balaban J connectivity index is 1.84. The molecule has 1 N–H and O–H groups in total. The highest BCUT2D eigenvalue weighted by Gasteiger charge is 2.10. The maximum atomic E-state index is 12.1. The van der Waals surface area contributed by atoms with Crippen LogP contribution in [0.5, 0.6) is 0 Å². The lowest BCUT2D eigenvalue weighted by Gasteiger charge is -2.15. The smallest absolute Gasteiger partial charge is 0.338 e. The topological polar surface area (TPSA) is 76.5 Å². The molecule has 0 spiro atoms. The molecule has 128 valence electrons. The van der Waals surface area contributed by atoms with Gasteiger partial charge in [0.1, 0.15) is 0 Å². The van der Waals surface area contributed by atoms with Crippen molar-refractivity contribution >= 4 is 17.6 Å². The number of benzene rings is 1. The Hall–Kier alpha value is -2.67. The van der Waals surface area contributed by atoms with Crippen molar-refractivity contribution in [3.63, 3.8) is 0 Å². The Labute approximate surface area is 141 Å². The minimum Gasteiger partial charge on any atom is -0.462 e. The normalized spacial score (nSPS) is 10.7. The molecule has 2 aromatic rings. The molecule has 1 heterocycles. The van der Waals surface area contributed by atoms with Crippen LogP contribution in [0.2, 0.25) is 0 Å². The van der Waals surface area contributed by atoms with Gasteiger partial charge in [0.15, 0.2) is 0 Å². The van der Waals surface area contributed by atoms with E-state index >= 15 is 0 Å². The maximum absolute atomic E-state index is 12.1. The summed E-state index contributed by atoms with van der Waals surface area (Å²) in [5.41, 5.74) is 2.15. The van der Waals surface area contributed by atoms with Crippen LogP contribution in [-0.2, 0) is 23.1 Å². The van der Waals surface area contributed by atoms with Gasteiger partial charge in [0.05, 0.1) is 24.9 Å². The molecule has 0 saturated carbocycles. The predicted octanol–water partition coefficient (Wildman–Crippen LogP) is 1.67. The van der Waals surface area contributed by atoms with E-state index in [2.05, 4.69) is 10.4 Å². The largest absolute Gasteiger partial charge is 0.462 e. The fourth-order valence-electron chi connectivity index (χ4n) is 2.27. The molecule has 0 aliphatic rings. The van der Waals surface area contributed by atoms with Crippen LogP contribution in [0.3, 0.4) is 0 Å². The summed E-state index contributed by atoms with van der Waals surface area (Å²) in [6.07, 6.45) is 3.70. The van der Waals surface area contributed by atoms with E-state index in [-0.39, 0.29) is 18.4 Å². The molecule has 1 amide bonds. The molecule has 0 bridgehead atoms. The minimum atomic E-state index is -0.369. The number of hydrogen-bond acceptors (Lipinski definition) is 5. The molecule has 0 aliphatic heterocycles. The van der Waals surface area contributed by atoms with Gasteiger partial charge in [-0.3, -0.25) is 14.4 Å². The van der Waals surface area contributed by atoms with Gasteiger partial charge in [-0.2, -0.15) is 5.10 Å². The second-order valence-corrected chi connectivity index (χ2v) is 5.54. The number of nitrogens with one attached hydrogen (secondary N) is 1. The number of aryl methyl sites for hydroxylation is 1. The van der Waals surface area contributed by atoms with Crippen LogP contribution in [0, 0.1) is 0 Å². The summed E-state index contributed by atoms with van der Waals surface area (Å²) in [6, 6.07) is 6.64. The van der Waals surface area contributed by atoms with E-state index in [0.717, 1.165) is 5.56 Å². The van der Waals surface area contributed by atoms with Crippen LogP contribution in [0.25, 0.3) is 0 Å². The highest BCUT2D eigenvalue weighted by molar-refractivity contribution is 5.93. The lowest BCUT2D eigenvalue weighted by Crippen LogP contribution is -2.29. The third kappa shape index (κ3) is 5.20. The zero-order valence-corrected chi connectivity index (χ0v) is 14.2. The molecule has 0 saturated heterocycles. The van der Waals surface area contributed by atoms with Crippen molar-refractivity contribution in [1.82, 2.24) is 14.7 Å². The molecule has 7 nitrogen and oxygen atoms in total. The van der Waals surface area contributed by atoms with Crippen molar-refractivity contribution in [1.29, 1.82) is 0 Å². The third-order valence-corrected chi connectivity index (χ3v) is 3.30. The molecule has 7 heteroatoms. The first-order valence-corrected chi connectivity index (χ1v) is 7.71. The second-order valence-electron chi connectivity index (χ2n) is 5.54. The number of amides is 1. The number of carbonyl (C=O) groups is 2. The Morgan fingerprint density at radius 2 is 2.00 bits per heavy atom. The highest BCUT2D eigenvalue weighted by Crippen LogP contribution is 2.11. The predicted molar refractivity (Wildman–Crippen MR) is 90.6 cm³/mol. The lowest BCUT2D eigenvalue weighted by molar-refractivity contribution is -0.117. The van der Waals surface area contributed by atoms with Crippen LogP contribution < -0.4 is 5.32 Å². The van der Waals surface area contributed by atoms with Gasteiger partial charge >= 0.3 is 5.97 Å². The van der Waals surface area contributed by atoms with Crippen LogP contribution in [-0.4, -0.2) is 46.8 Å². The summed E-state index contributed by atoms with van der Waals surface area (Å²) in [6.45, 7) is 2.99. The standard InChI is InChI=1S/C17H22N4O3/c1-4-24-17(23)14-5-7-15(8-6-14)19-16(22)12-20(2)10-13-9-18-21(3)11-13/h5-9,11H,4,10,12H2,1-3H3,(H,19,22). The number of nitrogens with zero attached hydrogens (tertiary/aromatic N) is 3. The van der Waals surface area contributed by atoms with Gasteiger partial charge in [0, 0.05) is 31.0 Å². The van der Waals surface area contributed by atoms with Crippen LogP contribution in [0.1, 0.15) is 22.8 Å². The molecular formula is C17H22N4O3. The first kappa shape index (κ1) is 17.7. The van der Waals surface area contributed by atoms with Crippen molar-refractivity contribution < 1.29 is 14.3 Å². The monoisotopic (exact) mass is 330 g/mol. The molecule has 1 aromatic heterocycles. The van der Waals surface area contributed by atoms with E-state index in [0.29, 0.717) is 24.4 Å². The van der Waals surface area contributed by atoms with Crippen molar-refractivity contribution in [2.45, 2.75) is 13.5 Å². The fourth-order valence-corrected chi connectivity index (χ4v) is 2.27. The lowest BCUT2D eigenvalue weighted by atomic mass is 10.2. The molecule has 24 heavy (non-hydrogen) atoms. The first-order chi connectivity index (χ1) is 11.5. The Morgan fingerprint density at radius 1 is 1.29 bits per heavy atom. The zero-order valence-electron chi connectivity index (χ0n) is 14.2. The van der Waals surface area contributed by atoms with Gasteiger partial charge in [-0.25, -0.2) is 4.79 Å². The summed E-state index contributed by atoms with van der Waals surface area (Å²) < 4.78 is 6.65. The van der Waals surface area contributed by atoms with E-state index in [1.165, 1.54) is 0 Å². The van der Waals surface area contributed by atoms with Gasteiger partial charge in [0.25, 0.3) is 0 Å². The van der Waals surface area contributed by atoms with E-state index < -0.39 is 0 Å². The third-order valence-electron chi connectivity index (χ3n) is 3.30. The highest BCUT2D eigenvalue weighted by atomic mass is 16.5. The van der Waals surface area contributed by atoms with Gasteiger partial charge in [-0.15, -0.1) is 0 Å². The van der Waals surface area contributed by atoms with Crippen LogP contribution >= 0.6 is 0 Å². The molecule has 0 atom stereocenters. The van der Waals surface area contributed by atoms with Gasteiger partial charge in [-0.1, -0.05) is 0 Å². The van der Waals surface area contributed by atoms with Crippen molar-refractivity contribution in [2.24, 2.45) is 7.05 Å². The number of hydrogen-bond donors (Lipinski definition) is 1. The molecular weight excluding hydrogens is 308 g/mol. The Kier molecular flexibility index (Phi) is 6.08. The number of ether oxygens (including phenoxy) is 1. The fraction of sp³-hybridized carbons (Fsp3) is 0.353. The molecule has 0 unspecified atom stereocenters. The molecule has 2 rings (SSSR count). The SMILES string of the molecule is CCOC(=O)c1ccc(NC(=O)CN(C)Cc2cnn(C)c2)cc1. The van der Waals surface area contributed by atoms with Crippen molar-refractivity contribution in [3.05, 3.63) is 47.8 Å². The summed E-state index contributed by atoms with van der Waals surface area (Å²) in [5.74, 6) is -0.489. The number of rotatable bonds is 7. The van der Waals surface area contributed by atoms with Crippen molar-refractivity contribution in [3.8, 4) is 0 Å². The number of carbonyl (C=O) groups excluding carboxylic acids is 2. The summed E-state index contributed by atoms with van der Waals surface area (Å²) in [7, 11) is 3.73. The molecule has 0 fully saturated rings. The van der Waals surface area contributed by atoms with E-state index in [9.17, 15) is 9.59 Å². The number of aromatic nitrogens is 2. The van der Waals surface area contributed by atoms with E-state index in [4.69, 9.17) is 4.74 Å². The van der Waals surface area contributed by atoms with Crippen LogP contribution in [0.15, 0.2) is 36.7 Å². The summed E-state index contributed by atoms with van der Waals surface area (Å²) in [4.78, 5) is 25.6. The first-order valence-electron chi connectivity index (χ1n) is 7.71. The molecule has 1 aromatic carbocycles. The minimum absolute atomic E-state index is 0.120. The van der Waals surface area contributed by atoms with E-state index in [1.807, 2.05) is 25.2 Å². The maximum Gasteiger partial charge on any atom is 0.338 e. The number of likely N-dealkylation sites (N-methyl/N-ethyl adjacent to an activating group) is 1. The van der Waals surface area contributed by atoms with Crippen LogP contribution in [0.4, 0.5) is 5.69 Å². The number of anilines is 1. The quantitative estimate of drug-likeness (QED) is 0.782. The second kappa shape index (κ2) is 8.26.